The molecule has 7 nitrogen and oxygen atoms in total. The van der Waals surface area contributed by atoms with Crippen LogP contribution in [-0.4, -0.2) is 57.4 Å². The van der Waals surface area contributed by atoms with E-state index < -0.39 is 0 Å². The van der Waals surface area contributed by atoms with Crippen LogP contribution in [0.4, 0.5) is 0 Å². The summed E-state index contributed by atoms with van der Waals surface area (Å²) in [5, 5.41) is 9.65. The largest absolute Gasteiger partial charge is 0.370 e. The van der Waals surface area contributed by atoms with Gasteiger partial charge in [-0.3, -0.25) is 9.89 Å². The molecule has 2 aromatic heterocycles. The summed E-state index contributed by atoms with van der Waals surface area (Å²) in [7, 11) is 0. The number of amides is 1. The van der Waals surface area contributed by atoms with Crippen LogP contribution < -0.4 is 0 Å². The number of carbonyl (C=O) groups is 1. The maximum Gasteiger partial charge on any atom is 0.271 e. The highest BCUT2D eigenvalue weighted by atomic mass is 32.1. The predicted molar refractivity (Wildman–Crippen MR) is 87.8 cm³/mol. The lowest BCUT2D eigenvalue weighted by molar-refractivity contribution is -0.0000873. The number of aryl methyl sites for hydroxylation is 1. The average molecular weight is 348 g/mol. The van der Waals surface area contributed by atoms with E-state index in [-0.39, 0.29) is 17.6 Å². The van der Waals surface area contributed by atoms with Gasteiger partial charge in [-0.05, 0) is 19.4 Å². The summed E-state index contributed by atoms with van der Waals surface area (Å²) < 4.78 is 12.0. The smallest absolute Gasteiger partial charge is 0.271 e. The van der Waals surface area contributed by atoms with Crippen molar-refractivity contribution < 1.29 is 14.3 Å². The van der Waals surface area contributed by atoms with Crippen LogP contribution in [0.25, 0.3) is 0 Å². The van der Waals surface area contributed by atoms with Crippen LogP contribution >= 0.6 is 11.3 Å². The molecular weight excluding hydrogens is 328 g/mol. The third-order valence-electron chi connectivity index (χ3n) is 4.64. The average Bonchev–Trinajstić information content (AvgIpc) is 3.34. The molecule has 2 fully saturated rings. The SMILES string of the molecule is Cc1nc(COC2COC3(CCN(C(=O)c4ccn[nH]4)C3)C2)cs1. The Morgan fingerprint density at radius 3 is 3.29 bits per heavy atom. The van der Waals surface area contributed by atoms with Gasteiger partial charge >= 0.3 is 0 Å². The predicted octanol–water partition coefficient (Wildman–Crippen LogP) is 1.77. The molecule has 0 aromatic carbocycles. The normalized spacial score (nSPS) is 26.5. The molecule has 4 heterocycles. The Kier molecular flexibility index (Phi) is 4.11. The van der Waals surface area contributed by atoms with Crippen LogP contribution in [-0.2, 0) is 16.1 Å². The summed E-state index contributed by atoms with van der Waals surface area (Å²) in [5.74, 6) is -0.0182. The highest BCUT2D eigenvalue weighted by Gasteiger charge is 2.47. The number of hydrogen-bond acceptors (Lipinski definition) is 6. The molecule has 1 amide bonds. The highest BCUT2D eigenvalue weighted by molar-refractivity contribution is 7.09. The van der Waals surface area contributed by atoms with Crippen molar-refractivity contribution in [3.05, 3.63) is 34.0 Å². The number of likely N-dealkylation sites (tertiary alicyclic amines) is 1. The Labute approximate surface area is 144 Å². The number of H-pyrrole nitrogens is 1. The molecule has 2 aliphatic heterocycles. The van der Waals surface area contributed by atoms with Crippen LogP contribution in [0.3, 0.4) is 0 Å². The molecule has 2 saturated heterocycles. The lowest BCUT2D eigenvalue weighted by Gasteiger charge is -2.23. The minimum absolute atomic E-state index is 0.0182. The highest BCUT2D eigenvalue weighted by Crippen LogP contribution is 2.36. The molecule has 128 valence electrons. The van der Waals surface area contributed by atoms with Crippen LogP contribution in [0.2, 0.25) is 0 Å². The first-order valence-electron chi connectivity index (χ1n) is 8.09. The van der Waals surface area contributed by atoms with E-state index in [1.165, 1.54) is 0 Å². The molecule has 4 rings (SSSR count). The number of aromatic amines is 1. The van der Waals surface area contributed by atoms with Gasteiger partial charge in [0.1, 0.15) is 5.69 Å². The Hall–Kier alpha value is -1.77. The van der Waals surface area contributed by atoms with Crippen molar-refractivity contribution in [1.82, 2.24) is 20.1 Å². The molecule has 2 aromatic rings. The van der Waals surface area contributed by atoms with Crippen LogP contribution in [0, 0.1) is 6.92 Å². The molecule has 2 atom stereocenters. The standard InChI is InChI=1S/C16H20N4O3S/c1-11-18-12(9-24-11)7-22-13-6-16(23-8-13)3-5-20(10-16)15(21)14-2-4-17-19-14/h2,4,9,13H,3,5-8,10H2,1H3,(H,17,19). The summed E-state index contributed by atoms with van der Waals surface area (Å²) >= 11 is 1.63. The number of thiazole rings is 1. The second-order valence-corrected chi connectivity index (χ2v) is 7.50. The Morgan fingerprint density at radius 2 is 2.54 bits per heavy atom. The molecule has 8 heteroatoms. The van der Waals surface area contributed by atoms with E-state index in [1.807, 2.05) is 17.2 Å². The molecule has 2 aliphatic rings. The number of aromatic nitrogens is 3. The van der Waals surface area contributed by atoms with Crippen molar-refractivity contribution in [2.24, 2.45) is 0 Å². The van der Waals surface area contributed by atoms with Gasteiger partial charge in [-0.1, -0.05) is 0 Å². The third-order valence-corrected chi connectivity index (χ3v) is 5.47. The van der Waals surface area contributed by atoms with Crippen molar-refractivity contribution in [3.8, 4) is 0 Å². The van der Waals surface area contributed by atoms with Crippen molar-refractivity contribution in [2.45, 2.75) is 38.1 Å². The van der Waals surface area contributed by atoms with E-state index in [9.17, 15) is 4.79 Å². The van der Waals surface area contributed by atoms with Gasteiger partial charge in [-0.15, -0.1) is 11.3 Å². The quantitative estimate of drug-likeness (QED) is 0.911. The lowest BCUT2D eigenvalue weighted by atomic mass is 9.98. The number of hydrogen-bond donors (Lipinski definition) is 1. The first-order valence-corrected chi connectivity index (χ1v) is 8.97. The van der Waals surface area contributed by atoms with Gasteiger partial charge in [0.2, 0.25) is 0 Å². The van der Waals surface area contributed by atoms with E-state index in [4.69, 9.17) is 9.47 Å². The number of carbonyl (C=O) groups excluding carboxylic acids is 1. The summed E-state index contributed by atoms with van der Waals surface area (Å²) in [6.45, 7) is 4.41. The minimum Gasteiger partial charge on any atom is -0.370 e. The zero-order valence-electron chi connectivity index (χ0n) is 13.5. The molecule has 1 spiro atoms. The van der Waals surface area contributed by atoms with Crippen molar-refractivity contribution in [2.75, 3.05) is 19.7 Å². The molecular formula is C16H20N4O3S. The fourth-order valence-corrected chi connectivity index (χ4v) is 4.03. The molecule has 0 saturated carbocycles. The van der Waals surface area contributed by atoms with Gasteiger partial charge in [0.15, 0.2) is 0 Å². The molecule has 1 N–H and O–H groups in total. The van der Waals surface area contributed by atoms with Crippen LogP contribution in [0.5, 0.6) is 0 Å². The molecule has 0 aliphatic carbocycles. The van der Waals surface area contributed by atoms with E-state index in [0.717, 1.165) is 23.5 Å². The van der Waals surface area contributed by atoms with Crippen molar-refractivity contribution in [1.29, 1.82) is 0 Å². The molecule has 0 radical (unpaired) electrons. The zero-order valence-corrected chi connectivity index (χ0v) is 14.3. The Balaban J connectivity index is 1.32. The van der Waals surface area contributed by atoms with E-state index in [1.54, 1.807) is 23.6 Å². The summed E-state index contributed by atoms with van der Waals surface area (Å²) in [5.41, 5.74) is 1.23. The second kappa shape index (κ2) is 6.27. The van der Waals surface area contributed by atoms with Gasteiger partial charge in [0.05, 0.1) is 42.2 Å². The third kappa shape index (κ3) is 3.09. The zero-order chi connectivity index (χ0) is 16.6. The Morgan fingerprint density at radius 1 is 1.62 bits per heavy atom. The van der Waals surface area contributed by atoms with Gasteiger partial charge in [-0.25, -0.2) is 4.98 Å². The van der Waals surface area contributed by atoms with E-state index in [2.05, 4.69) is 15.2 Å². The molecule has 2 unspecified atom stereocenters. The first-order chi connectivity index (χ1) is 11.6. The van der Waals surface area contributed by atoms with E-state index >= 15 is 0 Å². The number of ether oxygens (including phenoxy) is 2. The fourth-order valence-electron chi connectivity index (χ4n) is 3.44. The molecule has 0 bridgehead atoms. The maximum absolute atomic E-state index is 12.4. The van der Waals surface area contributed by atoms with Crippen LogP contribution in [0.1, 0.15) is 34.0 Å². The monoisotopic (exact) mass is 348 g/mol. The Bertz CT molecular complexity index is 717. The second-order valence-electron chi connectivity index (χ2n) is 6.44. The topological polar surface area (TPSA) is 80.3 Å². The fraction of sp³-hybridized carbons (Fsp3) is 0.562. The number of nitrogens with one attached hydrogen (secondary N) is 1. The number of nitrogens with zero attached hydrogens (tertiary/aromatic N) is 3. The van der Waals surface area contributed by atoms with Gasteiger partial charge < -0.3 is 14.4 Å². The van der Waals surface area contributed by atoms with Crippen molar-refractivity contribution in [3.63, 3.8) is 0 Å². The maximum atomic E-state index is 12.4. The first kappa shape index (κ1) is 15.7. The van der Waals surface area contributed by atoms with Crippen LogP contribution in [0.15, 0.2) is 17.6 Å². The number of rotatable bonds is 4. The van der Waals surface area contributed by atoms with Gasteiger partial charge in [0.25, 0.3) is 5.91 Å². The summed E-state index contributed by atoms with van der Waals surface area (Å²) in [6, 6.07) is 1.70. The minimum atomic E-state index is -0.266. The van der Waals surface area contributed by atoms with Gasteiger partial charge in [0, 0.05) is 24.5 Å². The summed E-state index contributed by atoms with van der Waals surface area (Å²) in [6.07, 6.45) is 3.33. The molecule has 24 heavy (non-hydrogen) atoms. The van der Waals surface area contributed by atoms with Crippen molar-refractivity contribution >= 4 is 17.2 Å². The summed E-state index contributed by atoms with van der Waals surface area (Å²) in [4.78, 5) is 18.7. The lowest BCUT2D eigenvalue weighted by Crippen LogP contribution is -2.36. The van der Waals surface area contributed by atoms with Gasteiger partial charge in [-0.2, -0.15) is 5.10 Å². The van der Waals surface area contributed by atoms with E-state index in [0.29, 0.717) is 32.0 Å².